The van der Waals surface area contributed by atoms with Gasteiger partial charge in [-0.2, -0.15) is 0 Å². The Morgan fingerprint density at radius 2 is 2.31 bits per heavy atom. The van der Waals surface area contributed by atoms with Crippen molar-refractivity contribution < 1.29 is 18.1 Å². The molecule has 6 nitrogen and oxygen atoms in total. The third kappa shape index (κ3) is 2.13. The van der Waals surface area contributed by atoms with Gasteiger partial charge in [0.25, 0.3) is 0 Å². The van der Waals surface area contributed by atoms with Crippen molar-refractivity contribution in [2.24, 2.45) is 0 Å². The summed E-state index contributed by atoms with van der Waals surface area (Å²) in [5, 5.41) is 8.64. The van der Waals surface area contributed by atoms with E-state index >= 15 is 0 Å². The lowest BCUT2D eigenvalue weighted by molar-refractivity contribution is -0.505. The van der Waals surface area contributed by atoms with Crippen LogP contribution in [0.1, 0.15) is 16.9 Å². The molecule has 0 fully saturated rings. The minimum atomic E-state index is -2.56. The van der Waals surface area contributed by atoms with Crippen molar-refractivity contribution in [3.05, 3.63) is 33.8 Å². The van der Waals surface area contributed by atoms with Gasteiger partial charge in [0.15, 0.2) is 5.76 Å². The molecule has 0 aliphatic rings. The van der Waals surface area contributed by atoms with E-state index in [-0.39, 0.29) is 5.76 Å². The molecule has 0 bridgehead atoms. The molecule has 0 aliphatic carbocycles. The first kappa shape index (κ1) is 9.87. The predicted molar refractivity (Wildman–Crippen MR) is 44.0 cm³/mol. The molecule has 0 saturated heterocycles. The van der Waals surface area contributed by atoms with Crippen molar-refractivity contribution in [1.29, 1.82) is 0 Å². The Balaban J connectivity index is 3.02. The normalized spacial score (nSPS) is 15.2. The first-order valence-corrected chi connectivity index (χ1v) is 4.49. The van der Waals surface area contributed by atoms with Crippen LogP contribution in [0.3, 0.4) is 0 Å². The minimum absolute atomic E-state index is 0.108. The highest BCUT2D eigenvalue weighted by molar-refractivity contribution is 7.79. The van der Waals surface area contributed by atoms with Crippen LogP contribution in [0.2, 0.25) is 0 Å². The van der Waals surface area contributed by atoms with E-state index in [4.69, 9.17) is 8.97 Å². The van der Waals surface area contributed by atoms with Gasteiger partial charge in [0, 0.05) is 4.92 Å². The molecule has 2 unspecified atom stereocenters. The molecule has 0 saturated carbocycles. The lowest BCUT2D eigenvalue weighted by atomic mass is 10.4. The van der Waals surface area contributed by atoms with Gasteiger partial charge >= 0.3 is 5.37 Å². The molecule has 2 atom stereocenters. The van der Waals surface area contributed by atoms with Gasteiger partial charge in [-0.25, -0.2) is 4.21 Å². The predicted octanol–water partition coefficient (Wildman–Crippen LogP) is 1.09. The average molecular weight is 205 g/mol. The molecule has 1 aromatic rings. The van der Waals surface area contributed by atoms with E-state index in [0.717, 1.165) is 0 Å². The highest BCUT2D eigenvalue weighted by atomic mass is 32.2. The van der Waals surface area contributed by atoms with Crippen LogP contribution in [0.5, 0.6) is 0 Å². The Labute approximate surface area is 76.0 Å². The zero-order valence-corrected chi connectivity index (χ0v) is 7.48. The fourth-order valence-electron chi connectivity index (χ4n) is 0.863. The van der Waals surface area contributed by atoms with Crippen LogP contribution in [0.15, 0.2) is 16.5 Å². The Kier molecular flexibility index (Phi) is 2.79. The maximum absolute atomic E-state index is 10.6. The standard InChI is InChI=1S/C6H7NO5S/c1-4-2-3-5(12-4)6(7(8)9)13(10)11/h2-3,6H,1H3,(H,10,11). The molecule has 0 aromatic carbocycles. The Bertz CT molecular complexity index is 333. The lowest BCUT2D eigenvalue weighted by Crippen LogP contribution is -2.14. The molecule has 0 amide bonds. The van der Waals surface area contributed by atoms with E-state index in [9.17, 15) is 14.3 Å². The van der Waals surface area contributed by atoms with Crippen LogP contribution < -0.4 is 0 Å². The van der Waals surface area contributed by atoms with Crippen molar-refractivity contribution in [3.8, 4) is 0 Å². The van der Waals surface area contributed by atoms with Crippen LogP contribution in [-0.2, 0) is 11.1 Å². The molecule has 1 aromatic heterocycles. The third-order valence-electron chi connectivity index (χ3n) is 1.39. The number of hydrogen-bond donors (Lipinski definition) is 1. The summed E-state index contributed by atoms with van der Waals surface area (Å²) in [4.78, 5) is 9.49. The van der Waals surface area contributed by atoms with E-state index in [2.05, 4.69) is 0 Å². The van der Waals surface area contributed by atoms with Crippen molar-refractivity contribution in [3.63, 3.8) is 0 Å². The second-order valence-corrected chi connectivity index (χ2v) is 3.36. The van der Waals surface area contributed by atoms with E-state index < -0.39 is 21.4 Å². The summed E-state index contributed by atoms with van der Waals surface area (Å²) in [5.74, 6) is 0.357. The topological polar surface area (TPSA) is 93.6 Å². The smallest absolute Gasteiger partial charge is 0.366 e. The molecule has 7 heteroatoms. The van der Waals surface area contributed by atoms with Crippen LogP contribution in [0.4, 0.5) is 0 Å². The Morgan fingerprint density at radius 1 is 1.69 bits per heavy atom. The SMILES string of the molecule is Cc1ccc(C([N+](=O)[O-])S(=O)O)o1. The van der Waals surface area contributed by atoms with E-state index in [1.807, 2.05) is 0 Å². The second kappa shape index (κ2) is 3.67. The first-order valence-electron chi connectivity index (χ1n) is 3.32. The van der Waals surface area contributed by atoms with Gasteiger partial charge in [-0.1, -0.05) is 0 Å². The molecule has 0 aliphatic heterocycles. The fraction of sp³-hybridized carbons (Fsp3) is 0.333. The molecule has 0 spiro atoms. The summed E-state index contributed by atoms with van der Waals surface area (Å²) < 4.78 is 24.0. The number of rotatable bonds is 3. The number of hydrogen-bond acceptors (Lipinski definition) is 4. The van der Waals surface area contributed by atoms with Crippen molar-refractivity contribution in [2.45, 2.75) is 12.3 Å². The Morgan fingerprint density at radius 3 is 2.62 bits per heavy atom. The van der Waals surface area contributed by atoms with Gasteiger partial charge in [-0.3, -0.25) is 10.1 Å². The highest BCUT2D eigenvalue weighted by Gasteiger charge is 2.32. The van der Waals surface area contributed by atoms with Crippen LogP contribution in [-0.4, -0.2) is 13.7 Å². The molecule has 13 heavy (non-hydrogen) atoms. The van der Waals surface area contributed by atoms with Gasteiger partial charge in [0.1, 0.15) is 5.76 Å². The minimum Gasteiger partial charge on any atom is -0.458 e. The Hall–Kier alpha value is -1.21. The maximum atomic E-state index is 10.6. The molecule has 0 radical (unpaired) electrons. The van der Waals surface area contributed by atoms with Crippen LogP contribution in [0.25, 0.3) is 0 Å². The molecular formula is C6H7NO5S. The van der Waals surface area contributed by atoms with Crippen LogP contribution in [0, 0.1) is 17.0 Å². The quantitative estimate of drug-likeness (QED) is 0.452. The molecular weight excluding hydrogens is 198 g/mol. The van der Waals surface area contributed by atoms with Crippen molar-refractivity contribution in [2.75, 3.05) is 0 Å². The van der Waals surface area contributed by atoms with Gasteiger partial charge in [0.05, 0.1) is 0 Å². The maximum Gasteiger partial charge on any atom is 0.366 e. The summed E-state index contributed by atoms with van der Waals surface area (Å²) >= 11 is -2.56. The number of furan rings is 1. The number of nitro groups is 1. The van der Waals surface area contributed by atoms with Gasteiger partial charge in [-0.15, -0.1) is 0 Å². The van der Waals surface area contributed by atoms with Crippen molar-refractivity contribution in [1.82, 2.24) is 0 Å². The van der Waals surface area contributed by atoms with Gasteiger partial charge in [0.2, 0.25) is 11.1 Å². The summed E-state index contributed by atoms with van der Waals surface area (Å²) in [5.41, 5.74) is 0. The molecule has 72 valence electrons. The van der Waals surface area contributed by atoms with Gasteiger partial charge < -0.3 is 8.97 Å². The summed E-state index contributed by atoms with van der Waals surface area (Å²) in [6.45, 7) is 1.60. The zero-order chi connectivity index (χ0) is 10.0. The highest BCUT2D eigenvalue weighted by Crippen LogP contribution is 2.21. The zero-order valence-electron chi connectivity index (χ0n) is 6.67. The van der Waals surface area contributed by atoms with Gasteiger partial charge in [-0.05, 0) is 19.1 Å². The lowest BCUT2D eigenvalue weighted by Gasteiger charge is -2.00. The van der Waals surface area contributed by atoms with Crippen molar-refractivity contribution >= 4 is 11.1 Å². The number of aryl methyl sites for hydroxylation is 1. The molecule has 1 heterocycles. The van der Waals surface area contributed by atoms with E-state index in [1.165, 1.54) is 12.1 Å². The monoisotopic (exact) mass is 205 g/mol. The van der Waals surface area contributed by atoms with Crippen LogP contribution >= 0.6 is 0 Å². The first-order chi connectivity index (χ1) is 6.02. The fourth-order valence-corrected chi connectivity index (χ4v) is 1.34. The second-order valence-electron chi connectivity index (χ2n) is 2.36. The molecule has 1 N–H and O–H groups in total. The summed E-state index contributed by atoms with van der Waals surface area (Å²) in [6, 6.07) is 2.82. The largest absolute Gasteiger partial charge is 0.458 e. The van der Waals surface area contributed by atoms with E-state index in [0.29, 0.717) is 5.76 Å². The average Bonchev–Trinajstić information content (AvgIpc) is 2.34. The summed E-state index contributed by atoms with van der Waals surface area (Å²) in [6.07, 6.45) is 0. The summed E-state index contributed by atoms with van der Waals surface area (Å²) in [7, 11) is 0. The number of nitrogens with zero attached hydrogens (tertiary/aromatic N) is 1. The molecule has 1 rings (SSSR count). The van der Waals surface area contributed by atoms with E-state index in [1.54, 1.807) is 6.92 Å². The third-order valence-corrected chi connectivity index (χ3v) is 2.17.